The van der Waals surface area contributed by atoms with Gasteiger partial charge in [-0.3, -0.25) is 14.6 Å². The van der Waals surface area contributed by atoms with Crippen molar-refractivity contribution in [2.45, 2.75) is 32.1 Å². The molecular weight excluding hydrogens is 477 g/mol. The van der Waals surface area contributed by atoms with Crippen LogP contribution in [-0.2, 0) is 0 Å². The predicted octanol–water partition coefficient (Wildman–Crippen LogP) is 4.22. The van der Waals surface area contributed by atoms with Gasteiger partial charge in [-0.2, -0.15) is 0 Å². The standard InChI is InChI=1S/C28H24FN3O5/c1-14-22(28(36)37)18-11-21(33)25(26(34)19(18)13-32(14)16-7-4-10-31-12-16)23(15-5-2-6-15)17-8-3-9-20(29)24(17)27(30)35/h3-4,7-13,15,23,34H,2,5-6H2,1H3,(H2,30,35)(H,36,37)/t23-/m0/s1. The molecule has 2 heterocycles. The average molecular weight is 502 g/mol. The van der Waals surface area contributed by atoms with E-state index in [2.05, 4.69) is 4.98 Å². The number of phenols is 1. The molecule has 9 heteroatoms. The quantitative estimate of drug-likeness (QED) is 0.362. The number of hydrogen-bond donors (Lipinski definition) is 3. The lowest BCUT2D eigenvalue weighted by Crippen LogP contribution is -2.29. The van der Waals surface area contributed by atoms with Gasteiger partial charge in [0.2, 0.25) is 0 Å². The van der Waals surface area contributed by atoms with E-state index in [9.17, 15) is 29.0 Å². The van der Waals surface area contributed by atoms with Gasteiger partial charge in [-0.25, -0.2) is 9.18 Å². The van der Waals surface area contributed by atoms with Gasteiger partial charge in [0.25, 0.3) is 5.91 Å². The normalized spacial score (nSPS) is 14.3. The van der Waals surface area contributed by atoms with Crippen molar-refractivity contribution in [2.24, 2.45) is 11.7 Å². The Morgan fingerprint density at radius 1 is 1.16 bits per heavy atom. The van der Waals surface area contributed by atoms with Crippen LogP contribution in [0.3, 0.4) is 0 Å². The van der Waals surface area contributed by atoms with Crippen LogP contribution < -0.4 is 11.2 Å². The Balaban J connectivity index is 1.85. The first-order valence-electron chi connectivity index (χ1n) is 11.8. The maximum absolute atomic E-state index is 14.7. The molecule has 0 bridgehead atoms. The van der Waals surface area contributed by atoms with E-state index in [1.54, 1.807) is 48.3 Å². The zero-order valence-electron chi connectivity index (χ0n) is 19.9. The smallest absolute Gasteiger partial charge is 0.338 e. The molecule has 1 fully saturated rings. The van der Waals surface area contributed by atoms with Crippen LogP contribution in [0.1, 0.15) is 62.7 Å². The number of nitrogens with zero attached hydrogens (tertiary/aromatic N) is 2. The molecule has 2 aliphatic carbocycles. The Bertz CT molecular complexity index is 1580. The number of carboxylic acid groups (broad SMARTS) is 1. The van der Waals surface area contributed by atoms with Gasteiger partial charge in [0.05, 0.1) is 23.0 Å². The van der Waals surface area contributed by atoms with Gasteiger partial charge in [-0.1, -0.05) is 18.6 Å². The summed E-state index contributed by atoms with van der Waals surface area (Å²) in [6.07, 6.45) is 6.99. The van der Waals surface area contributed by atoms with Crippen LogP contribution >= 0.6 is 0 Å². The van der Waals surface area contributed by atoms with E-state index >= 15 is 0 Å². The summed E-state index contributed by atoms with van der Waals surface area (Å²) in [6.45, 7) is 1.61. The molecule has 1 saturated carbocycles. The highest BCUT2D eigenvalue weighted by atomic mass is 19.1. The molecule has 188 valence electrons. The maximum Gasteiger partial charge on any atom is 0.338 e. The van der Waals surface area contributed by atoms with Crippen LogP contribution in [-0.4, -0.2) is 31.6 Å². The molecule has 1 aliphatic heterocycles. The van der Waals surface area contributed by atoms with Crippen molar-refractivity contribution in [1.29, 1.82) is 0 Å². The minimum absolute atomic E-state index is 0.0109. The molecule has 37 heavy (non-hydrogen) atoms. The first kappa shape index (κ1) is 24.2. The first-order valence-corrected chi connectivity index (χ1v) is 11.8. The number of benzene rings is 2. The van der Waals surface area contributed by atoms with Crippen molar-refractivity contribution in [3.05, 3.63) is 99.0 Å². The Labute approximate surface area is 211 Å². The van der Waals surface area contributed by atoms with Gasteiger partial charge in [0, 0.05) is 40.7 Å². The van der Waals surface area contributed by atoms with Crippen molar-refractivity contribution in [3.8, 4) is 22.6 Å². The lowest BCUT2D eigenvalue weighted by molar-refractivity contribution is 0.0695. The number of fused-ring (bicyclic) bond motifs is 1. The number of aromatic hydroxyl groups is 1. The van der Waals surface area contributed by atoms with E-state index in [0.29, 0.717) is 24.2 Å². The molecule has 8 nitrogen and oxygen atoms in total. The summed E-state index contributed by atoms with van der Waals surface area (Å²) < 4.78 is 16.3. The number of aromatic nitrogens is 2. The second-order valence-corrected chi connectivity index (χ2v) is 9.31. The van der Waals surface area contributed by atoms with Gasteiger partial charge < -0.3 is 20.5 Å². The zero-order valence-corrected chi connectivity index (χ0v) is 19.9. The highest BCUT2D eigenvalue weighted by molar-refractivity contribution is 5.99. The molecule has 2 aromatic rings. The molecule has 1 atom stereocenters. The summed E-state index contributed by atoms with van der Waals surface area (Å²) in [6, 6.07) is 8.74. The molecule has 5 rings (SSSR count). The second kappa shape index (κ2) is 9.16. The van der Waals surface area contributed by atoms with E-state index < -0.39 is 34.8 Å². The van der Waals surface area contributed by atoms with Gasteiger partial charge in [0.15, 0.2) is 5.43 Å². The largest absolute Gasteiger partial charge is 0.507 e. The maximum atomic E-state index is 14.7. The SMILES string of the molecule is Cc1c(C(=O)O)c2cc(=O)c([C@H](c3cccc(F)c3C(N)=O)C3CCC3)c(O)c-2cn1-c1cccnc1. The second-order valence-electron chi connectivity index (χ2n) is 9.31. The van der Waals surface area contributed by atoms with Crippen molar-refractivity contribution in [1.82, 2.24) is 9.55 Å². The van der Waals surface area contributed by atoms with Crippen molar-refractivity contribution >= 4 is 11.9 Å². The van der Waals surface area contributed by atoms with Crippen LogP contribution in [0.5, 0.6) is 5.75 Å². The first-order chi connectivity index (χ1) is 17.7. The fourth-order valence-electron chi connectivity index (χ4n) is 5.37. The molecule has 3 aliphatic rings. The molecule has 0 spiro atoms. The number of hydrogen-bond acceptors (Lipinski definition) is 5. The number of halogens is 1. The van der Waals surface area contributed by atoms with Crippen LogP contribution in [0.25, 0.3) is 16.8 Å². The Hall–Kier alpha value is -4.53. The van der Waals surface area contributed by atoms with E-state index in [0.717, 1.165) is 12.5 Å². The molecule has 0 unspecified atom stereocenters. The number of carbonyl (C=O) groups excluding carboxylic acids is 1. The minimum Gasteiger partial charge on any atom is -0.507 e. The molecule has 1 amide bonds. The van der Waals surface area contributed by atoms with Gasteiger partial charge in [-0.15, -0.1) is 0 Å². The van der Waals surface area contributed by atoms with Crippen LogP contribution in [0.4, 0.5) is 4.39 Å². The van der Waals surface area contributed by atoms with E-state index in [1.807, 2.05) is 0 Å². The Kier molecular flexibility index (Phi) is 5.99. The Morgan fingerprint density at radius 3 is 2.51 bits per heavy atom. The number of rotatable bonds is 6. The van der Waals surface area contributed by atoms with Crippen LogP contribution in [0.2, 0.25) is 0 Å². The van der Waals surface area contributed by atoms with Crippen molar-refractivity contribution in [2.75, 3.05) is 0 Å². The van der Waals surface area contributed by atoms with Crippen molar-refractivity contribution in [3.63, 3.8) is 0 Å². The van der Waals surface area contributed by atoms with Crippen LogP contribution in [0.15, 0.2) is 59.8 Å². The number of nitrogens with two attached hydrogens (primary N) is 1. The molecule has 0 radical (unpaired) electrons. The molecule has 1 aromatic carbocycles. The highest BCUT2D eigenvalue weighted by Gasteiger charge is 2.38. The van der Waals surface area contributed by atoms with Crippen LogP contribution in [0, 0.1) is 18.7 Å². The molecular formula is C28H24FN3O5. The monoisotopic (exact) mass is 501 g/mol. The van der Waals surface area contributed by atoms with E-state index in [1.165, 1.54) is 12.1 Å². The Morgan fingerprint density at radius 2 is 1.92 bits per heavy atom. The zero-order chi connectivity index (χ0) is 26.4. The average Bonchev–Trinajstić information content (AvgIpc) is 2.82. The summed E-state index contributed by atoms with van der Waals surface area (Å²) in [5, 5.41) is 21.6. The fraction of sp³-hybridized carbons (Fsp3) is 0.214. The number of phenolic OH excluding ortho intramolecular Hbond substituents is 1. The third kappa shape index (κ3) is 3.92. The molecule has 0 saturated heterocycles. The van der Waals surface area contributed by atoms with Gasteiger partial charge in [0.1, 0.15) is 11.6 Å². The number of carbonyl (C=O) groups is 2. The highest BCUT2D eigenvalue weighted by Crippen LogP contribution is 2.48. The summed E-state index contributed by atoms with van der Waals surface area (Å²) >= 11 is 0. The molecule has 1 aromatic heterocycles. The number of amides is 1. The summed E-state index contributed by atoms with van der Waals surface area (Å²) in [5.74, 6) is -4.37. The van der Waals surface area contributed by atoms with E-state index in [4.69, 9.17) is 5.73 Å². The number of aromatic carboxylic acids is 1. The summed E-state index contributed by atoms with van der Waals surface area (Å²) in [5.41, 5.74) is 5.82. The third-order valence-electron chi connectivity index (χ3n) is 7.29. The van der Waals surface area contributed by atoms with E-state index in [-0.39, 0.29) is 39.3 Å². The number of pyridine rings is 2. The van der Waals surface area contributed by atoms with Gasteiger partial charge in [-0.05, 0) is 55.5 Å². The minimum atomic E-state index is -1.26. The third-order valence-corrected chi connectivity index (χ3v) is 7.29. The topological polar surface area (TPSA) is 136 Å². The van der Waals surface area contributed by atoms with Gasteiger partial charge >= 0.3 is 5.97 Å². The fourth-order valence-corrected chi connectivity index (χ4v) is 5.37. The number of primary amides is 1. The number of carboxylic acids is 1. The summed E-state index contributed by atoms with van der Waals surface area (Å²) in [7, 11) is 0. The molecule has 4 N–H and O–H groups in total. The summed E-state index contributed by atoms with van der Waals surface area (Å²) in [4.78, 5) is 42.1. The lowest BCUT2D eigenvalue weighted by atomic mass is 9.68. The predicted molar refractivity (Wildman–Crippen MR) is 134 cm³/mol. The van der Waals surface area contributed by atoms with Crippen molar-refractivity contribution < 1.29 is 24.2 Å². The lowest BCUT2D eigenvalue weighted by Gasteiger charge is -2.35.